The molecule has 0 saturated carbocycles. The topological polar surface area (TPSA) is 101 Å². The van der Waals surface area contributed by atoms with Gasteiger partial charge in [-0.1, -0.05) is 0 Å². The van der Waals surface area contributed by atoms with Gasteiger partial charge in [0.15, 0.2) is 0 Å². The number of urea groups is 1. The summed E-state index contributed by atoms with van der Waals surface area (Å²) in [6.07, 6.45) is -0.240. The van der Waals surface area contributed by atoms with E-state index in [1.165, 1.54) is 4.90 Å². The van der Waals surface area contributed by atoms with E-state index in [2.05, 4.69) is 0 Å². The molecule has 3 N–H and O–H groups in total. The summed E-state index contributed by atoms with van der Waals surface area (Å²) in [4.78, 5) is 26.9. The molecule has 0 spiro atoms. The number of carboxylic acid groups (broad SMARTS) is 1. The summed E-state index contributed by atoms with van der Waals surface area (Å²) in [5.74, 6) is -0.945. The second kappa shape index (κ2) is 5.81. The van der Waals surface area contributed by atoms with Gasteiger partial charge in [0.05, 0.1) is 30.7 Å². The fraction of sp³-hybridized carbons (Fsp3) is 0.857. The number of carboxylic acids is 1. The first-order chi connectivity index (χ1) is 9.73. The van der Waals surface area contributed by atoms with E-state index < -0.39 is 23.6 Å². The van der Waals surface area contributed by atoms with Crippen LogP contribution in [0.25, 0.3) is 0 Å². The molecule has 2 rings (SSSR count). The SMILES string of the molecule is CC(C)(C(=O)O)C1CCCN(C(=O)N2CC(O)C(O)C2)C1. The predicted molar refractivity (Wildman–Crippen MR) is 74.7 cm³/mol. The van der Waals surface area contributed by atoms with Gasteiger partial charge in [0, 0.05) is 13.1 Å². The first-order valence-electron chi connectivity index (χ1n) is 7.37. The van der Waals surface area contributed by atoms with E-state index in [0.29, 0.717) is 13.1 Å². The lowest BCUT2D eigenvalue weighted by atomic mass is 9.74. The van der Waals surface area contributed by atoms with Gasteiger partial charge < -0.3 is 25.1 Å². The number of likely N-dealkylation sites (tertiary alicyclic amines) is 2. The second-order valence-corrected chi connectivity index (χ2v) is 6.63. The number of β-amino-alcohol motifs (C(OH)–C–C–N with tert-alkyl or cyclic N) is 2. The smallest absolute Gasteiger partial charge is 0.320 e. The summed E-state index contributed by atoms with van der Waals surface area (Å²) in [5, 5.41) is 28.4. The Morgan fingerprint density at radius 2 is 1.62 bits per heavy atom. The highest BCUT2D eigenvalue weighted by molar-refractivity contribution is 5.76. The third-order valence-corrected chi connectivity index (χ3v) is 4.79. The molecule has 2 aliphatic heterocycles. The van der Waals surface area contributed by atoms with E-state index >= 15 is 0 Å². The van der Waals surface area contributed by atoms with Crippen LogP contribution in [-0.4, -0.2) is 75.5 Å². The molecule has 0 radical (unpaired) electrons. The summed E-state index contributed by atoms with van der Waals surface area (Å²) in [6, 6.07) is -0.225. The average Bonchev–Trinajstić information content (AvgIpc) is 2.78. The normalized spacial score (nSPS) is 30.6. The number of hydrogen-bond donors (Lipinski definition) is 3. The van der Waals surface area contributed by atoms with Crippen LogP contribution in [0.15, 0.2) is 0 Å². The number of hydrogen-bond acceptors (Lipinski definition) is 4. The molecule has 2 fully saturated rings. The van der Waals surface area contributed by atoms with Crippen LogP contribution in [0.4, 0.5) is 4.79 Å². The van der Waals surface area contributed by atoms with Crippen molar-refractivity contribution in [3.05, 3.63) is 0 Å². The largest absolute Gasteiger partial charge is 0.481 e. The second-order valence-electron chi connectivity index (χ2n) is 6.63. The minimum atomic E-state index is -0.898. The van der Waals surface area contributed by atoms with E-state index in [-0.39, 0.29) is 25.0 Å². The average molecular weight is 300 g/mol. The Morgan fingerprint density at radius 3 is 2.14 bits per heavy atom. The van der Waals surface area contributed by atoms with Crippen LogP contribution in [0.3, 0.4) is 0 Å². The molecule has 0 aromatic carbocycles. The lowest BCUT2D eigenvalue weighted by Crippen LogP contribution is -2.50. The summed E-state index contributed by atoms with van der Waals surface area (Å²) in [5.41, 5.74) is -0.872. The highest BCUT2D eigenvalue weighted by Gasteiger charge is 2.42. The van der Waals surface area contributed by atoms with Crippen molar-refractivity contribution < 1.29 is 24.9 Å². The summed E-state index contributed by atoms with van der Waals surface area (Å²) in [6.45, 7) is 4.64. The minimum Gasteiger partial charge on any atom is -0.481 e. The van der Waals surface area contributed by atoms with E-state index in [1.807, 2.05) is 0 Å². The van der Waals surface area contributed by atoms with E-state index in [4.69, 9.17) is 0 Å². The van der Waals surface area contributed by atoms with Gasteiger partial charge in [-0.05, 0) is 32.6 Å². The monoisotopic (exact) mass is 300 g/mol. The Morgan fingerprint density at radius 1 is 1.05 bits per heavy atom. The van der Waals surface area contributed by atoms with Gasteiger partial charge in [-0.3, -0.25) is 4.79 Å². The maximum Gasteiger partial charge on any atom is 0.320 e. The molecule has 0 bridgehead atoms. The summed E-state index contributed by atoms with van der Waals surface area (Å²) in [7, 11) is 0. The number of amides is 2. The van der Waals surface area contributed by atoms with Gasteiger partial charge >= 0.3 is 12.0 Å². The number of rotatable bonds is 2. The lowest BCUT2D eigenvalue weighted by molar-refractivity contribution is -0.151. The Kier molecular flexibility index (Phi) is 4.43. The number of aliphatic hydroxyl groups is 2. The van der Waals surface area contributed by atoms with E-state index in [0.717, 1.165) is 12.8 Å². The molecule has 3 atom stereocenters. The molecular weight excluding hydrogens is 276 g/mol. The Bertz CT molecular complexity index is 416. The van der Waals surface area contributed by atoms with Crippen LogP contribution in [0, 0.1) is 11.3 Å². The Balaban J connectivity index is 2.01. The summed E-state index contributed by atoms with van der Waals surface area (Å²) < 4.78 is 0. The molecule has 3 unspecified atom stereocenters. The highest BCUT2D eigenvalue weighted by Crippen LogP contribution is 2.34. The molecule has 120 valence electrons. The first-order valence-corrected chi connectivity index (χ1v) is 7.37. The maximum absolute atomic E-state index is 12.4. The van der Waals surface area contributed by atoms with Crippen molar-refractivity contribution >= 4 is 12.0 Å². The van der Waals surface area contributed by atoms with Crippen molar-refractivity contribution in [3.8, 4) is 0 Å². The van der Waals surface area contributed by atoms with Crippen molar-refractivity contribution in [3.63, 3.8) is 0 Å². The number of carbonyl (C=O) groups is 2. The lowest BCUT2D eigenvalue weighted by Gasteiger charge is -2.40. The van der Waals surface area contributed by atoms with Crippen LogP contribution >= 0.6 is 0 Å². The standard InChI is InChI=1S/C14H24N2O5/c1-14(2,12(19)20)9-4-3-5-15(6-9)13(21)16-7-10(17)11(18)8-16/h9-11,17-18H,3-8H2,1-2H3,(H,19,20). The zero-order valence-electron chi connectivity index (χ0n) is 12.5. The number of aliphatic carboxylic acids is 1. The van der Waals surface area contributed by atoms with Crippen LogP contribution in [0.1, 0.15) is 26.7 Å². The summed E-state index contributed by atoms with van der Waals surface area (Å²) >= 11 is 0. The zero-order chi connectivity index (χ0) is 15.8. The van der Waals surface area contributed by atoms with Crippen molar-refractivity contribution in [1.82, 2.24) is 9.80 Å². The van der Waals surface area contributed by atoms with Gasteiger partial charge in [-0.25, -0.2) is 4.79 Å². The molecule has 21 heavy (non-hydrogen) atoms. The van der Waals surface area contributed by atoms with Gasteiger partial charge in [0.25, 0.3) is 0 Å². The van der Waals surface area contributed by atoms with E-state index in [1.54, 1.807) is 18.7 Å². The number of aliphatic hydroxyl groups excluding tert-OH is 2. The number of carbonyl (C=O) groups excluding carboxylic acids is 1. The van der Waals surface area contributed by atoms with Crippen LogP contribution in [0.5, 0.6) is 0 Å². The molecule has 2 amide bonds. The van der Waals surface area contributed by atoms with Crippen LogP contribution < -0.4 is 0 Å². The van der Waals surface area contributed by atoms with E-state index in [9.17, 15) is 24.9 Å². The Hall–Kier alpha value is -1.34. The fourth-order valence-corrected chi connectivity index (χ4v) is 3.04. The number of piperidine rings is 1. The predicted octanol–water partition coefficient (Wildman–Crippen LogP) is -0.0334. The van der Waals surface area contributed by atoms with Crippen LogP contribution in [0.2, 0.25) is 0 Å². The van der Waals surface area contributed by atoms with Gasteiger partial charge in [0.2, 0.25) is 0 Å². The maximum atomic E-state index is 12.4. The third kappa shape index (κ3) is 3.13. The first kappa shape index (κ1) is 16.0. The van der Waals surface area contributed by atoms with Gasteiger partial charge in [-0.15, -0.1) is 0 Å². The minimum absolute atomic E-state index is 0.0925. The third-order valence-electron chi connectivity index (χ3n) is 4.79. The van der Waals surface area contributed by atoms with Crippen molar-refractivity contribution in [2.45, 2.75) is 38.9 Å². The molecule has 7 nitrogen and oxygen atoms in total. The molecule has 0 aromatic heterocycles. The van der Waals surface area contributed by atoms with Crippen LogP contribution in [-0.2, 0) is 4.79 Å². The fourth-order valence-electron chi connectivity index (χ4n) is 3.04. The zero-order valence-corrected chi connectivity index (χ0v) is 12.5. The molecular formula is C14H24N2O5. The number of nitrogens with zero attached hydrogens (tertiary/aromatic N) is 2. The van der Waals surface area contributed by atoms with Crippen molar-refractivity contribution in [2.24, 2.45) is 11.3 Å². The quantitative estimate of drug-likeness (QED) is 0.664. The molecule has 2 heterocycles. The molecule has 0 aliphatic carbocycles. The molecule has 2 aliphatic rings. The molecule has 2 saturated heterocycles. The highest BCUT2D eigenvalue weighted by atomic mass is 16.4. The van der Waals surface area contributed by atoms with Crippen molar-refractivity contribution in [1.29, 1.82) is 0 Å². The van der Waals surface area contributed by atoms with Gasteiger partial charge in [0.1, 0.15) is 0 Å². The Labute approximate surface area is 124 Å². The molecule has 7 heteroatoms. The van der Waals surface area contributed by atoms with Gasteiger partial charge in [-0.2, -0.15) is 0 Å². The molecule has 0 aromatic rings. The van der Waals surface area contributed by atoms with Crippen molar-refractivity contribution in [2.75, 3.05) is 26.2 Å².